The highest BCUT2D eigenvalue weighted by Gasteiger charge is 2.12. The van der Waals surface area contributed by atoms with Crippen molar-refractivity contribution < 1.29 is 13.9 Å². The quantitative estimate of drug-likeness (QED) is 0.783. The maximum absolute atomic E-state index is 9.17. The van der Waals surface area contributed by atoms with Crippen molar-refractivity contribution in [2.75, 3.05) is 6.61 Å². The number of aliphatic hydroxyl groups excluding tert-OH is 1. The summed E-state index contributed by atoms with van der Waals surface area (Å²) < 4.78 is 10.4. The van der Waals surface area contributed by atoms with Gasteiger partial charge in [-0.2, -0.15) is 0 Å². The van der Waals surface area contributed by atoms with Crippen molar-refractivity contribution in [2.45, 2.75) is 12.6 Å². The smallest absolute Gasteiger partial charge is 0.123 e. The van der Waals surface area contributed by atoms with Crippen LogP contribution >= 0.6 is 0 Å². The fourth-order valence-electron chi connectivity index (χ4n) is 1.38. The summed E-state index contributed by atoms with van der Waals surface area (Å²) >= 11 is 0. The van der Waals surface area contributed by atoms with Gasteiger partial charge in [0.15, 0.2) is 0 Å². The Hall–Kier alpha value is -1.52. The van der Waals surface area contributed by atoms with E-state index in [1.807, 2.05) is 18.2 Å². The zero-order chi connectivity index (χ0) is 10.5. The summed E-state index contributed by atoms with van der Waals surface area (Å²) in [4.78, 5) is 0. The summed E-state index contributed by atoms with van der Waals surface area (Å²) in [5.41, 5.74) is 0. The molecule has 1 unspecified atom stereocenters. The predicted molar refractivity (Wildman–Crippen MR) is 54.1 cm³/mol. The molecule has 0 aromatic carbocycles. The average molecular weight is 207 g/mol. The predicted octanol–water partition coefficient (Wildman–Crippen LogP) is 1.70. The highest BCUT2D eigenvalue weighted by molar-refractivity contribution is 5.05. The minimum Gasteiger partial charge on any atom is -0.468 e. The zero-order valence-electron chi connectivity index (χ0n) is 8.22. The van der Waals surface area contributed by atoms with Gasteiger partial charge >= 0.3 is 0 Å². The van der Waals surface area contributed by atoms with Gasteiger partial charge in [-0.25, -0.2) is 0 Å². The van der Waals surface area contributed by atoms with Gasteiger partial charge in [-0.15, -0.1) is 0 Å². The minimum absolute atomic E-state index is 0.00573. The molecule has 4 heteroatoms. The van der Waals surface area contributed by atoms with E-state index in [4.69, 9.17) is 8.83 Å². The maximum Gasteiger partial charge on any atom is 0.123 e. The van der Waals surface area contributed by atoms with E-state index in [9.17, 15) is 5.11 Å². The summed E-state index contributed by atoms with van der Waals surface area (Å²) in [5, 5.41) is 12.3. The van der Waals surface area contributed by atoms with E-state index in [2.05, 4.69) is 5.32 Å². The molecule has 0 aliphatic heterocycles. The Kier molecular flexibility index (Phi) is 3.22. The molecular weight excluding hydrogens is 194 g/mol. The first-order chi connectivity index (χ1) is 7.40. The molecule has 1 atom stereocenters. The van der Waals surface area contributed by atoms with Crippen LogP contribution in [0.15, 0.2) is 45.6 Å². The van der Waals surface area contributed by atoms with Crippen LogP contribution in [0.4, 0.5) is 0 Å². The Bertz CT molecular complexity index is 366. The van der Waals surface area contributed by atoms with Gasteiger partial charge in [0.1, 0.15) is 11.5 Å². The van der Waals surface area contributed by atoms with E-state index >= 15 is 0 Å². The molecule has 2 aromatic rings. The van der Waals surface area contributed by atoms with Crippen molar-refractivity contribution in [3.05, 3.63) is 48.3 Å². The van der Waals surface area contributed by atoms with Crippen LogP contribution < -0.4 is 5.32 Å². The highest BCUT2D eigenvalue weighted by Crippen LogP contribution is 2.13. The van der Waals surface area contributed by atoms with Crippen molar-refractivity contribution in [1.29, 1.82) is 0 Å². The number of hydrogen-bond donors (Lipinski definition) is 2. The van der Waals surface area contributed by atoms with Gasteiger partial charge in [0, 0.05) is 0 Å². The highest BCUT2D eigenvalue weighted by atomic mass is 16.3. The Balaban J connectivity index is 1.92. The third-order valence-electron chi connectivity index (χ3n) is 2.17. The Labute approximate surface area is 87.5 Å². The Morgan fingerprint density at radius 2 is 2.00 bits per heavy atom. The van der Waals surface area contributed by atoms with Crippen LogP contribution in [0.2, 0.25) is 0 Å². The van der Waals surface area contributed by atoms with E-state index in [0.29, 0.717) is 6.54 Å². The zero-order valence-corrected chi connectivity index (χ0v) is 8.22. The van der Waals surface area contributed by atoms with Crippen LogP contribution in [0.1, 0.15) is 17.6 Å². The molecule has 0 aliphatic rings. The van der Waals surface area contributed by atoms with Crippen molar-refractivity contribution in [3.8, 4) is 0 Å². The first kappa shape index (κ1) is 10.0. The number of nitrogens with one attached hydrogen (secondary N) is 1. The fraction of sp³-hybridized carbons (Fsp3) is 0.273. The molecule has 0 spiro atoms. The fourth-order valence-corrected chi connectivity index (χ4v) is 1.38. The second-order valence-corrected chi connectivity index (χ2v) is 3.21. The second-order valence-electron chi connectivity index (χ2n) is 3.21. The molecule has 0 saturated carbocycles. The maximum atomic E-state index is 9.17. The standard InChI is InChI=1S/C11H13NO3/c13-8-10(11-4-2-6-15-11)12-7-9-3-1-5-14-9/h1-6,10,12-13H,7-8H2. The number of rotatable bonds is 5. The molecule has 0 fully saturated rings. The normalized spacial score (nSPS) is 12.9. The number of hydrogen-bond acceptors (Lipinski definition) is 4. The van der Waals surface area contributed by atoms with Crippen molar-refractivity contribution >= 4 is 0 Å². The van der Waals surface area contributed by atoms with Gasteiger partial charge in [-0.3, -0.25) is 5.32 Å². The Morgan fingerprint density at radius 3 is 2.60 bits per heavy atom. The molecule has 80 valence electrons. The van der Waals surface area contributed by atoms with Crippen molar-refractivity contribution in [2.24, 2.45) is 0 Å². The second kappa shape index (κ2) is 4.82. The summed E-state index contributed by atoms with van der Waals surface area (Å²) in [6.45, 7) is 0.563. The third-order valence-corrected chi connectivity index (χ3v) is 2.17. The molecule has 4 nitrogen and oxygen atoms in total. The Morgan fingerprint density at radius 1 is 1.20 bits per heavy atom. The van der Waals surface area contributed by atoms with Gasteiger partial charge in [0.2, 0.25) is 0 Å². The lowest BCUT2D eigenvalue weighted by molar-refractivity contribution is 0.223. The molecule has 0 radical (unpaired) electrons. The van der Waals surface area contributed by atoms with Crippen LogP contribution in [0.3, 0.4) is 0 Å². The lowest BCUT2D eigenvalue weighted by atomic mass is 10.2. The van der Waals surface area contributed by atoms with Crippen molar-refractivity contribution in [1.82, 2.24) is 5.32 Å². The first-order valence-electron chi connectivity index (χ1n) is 4.80. The van der Waals surface area contributed by atoms with E-state index in [-0.39, 0.29) is 12.6 Å². The molecule has 15 heavy (non-hydrogen) atoms. The van der Waals surface area contributed by atoms with Crippen molar-refractivity contribution in [3.63, 3.8) is 0 Å². The van der Waals surface area contributed by atoms with Gasteiger partial charge < -0.3 is 13.9 Å². The summed E-state index contributed by atoms with van der Waals surface area (Å²) in [7, 11) is 0. The van der Waals surface area contributed by atoms with Crippen LogP contribution in [-0.4, -0.2) is 11.7 Å². The summed E-state index contributed by atoms with van der Waals surface area (Å²) in [6, 6.07) is 7.15. The molecule has 2 rings (SSSR count). The third kappa shape index (κ3) is 2.49. The number of aliphatic hydroxyl groups is 1. The minimum atomic E-state index is -0.190. The first-order valence-corrected chi connectivity index (χ1v) is 4.80. The largest absolute Gasteiger partial charge is 0.468 e. The molecule has 0 aliphatic carbocycles. The SMILES string of the molecule is OCC(NCc1ccco1)c1ccco1. The van der Waals surface area contributed by atoms with Crippen LogP contribution in [0.5, 0.6) is 0 Å². The van der Waals surface area contributed by atoms with E-state index in [1.165, 1.54) is 0 Å². The van der Waals surface area contributed by atoms with Gasteiger partial charge in [0.25, 0.3) is 0 Å². The van der Waals surface area contributed by atoms with E-state index in [1.54, 1.807) is 18.6 Å². The molecule has 0 bridgehead atoms. The van der Waals surface area contributed by atoms with Gasteiger partial charge in [0.05, 0.1) is 31.7 Å². The van der Waals surface area contributed by atoms with E-state index < -0.39 is 0 Å². The molecule has 2 aromatic heterocycles. The molecule has 0 saturated heterocycles. The summed E-state index contributed by atoms with van der Waals surface area (Å²) in [5.74, 6) is 1.56. The summed E-state index contributed by atoms with van der Waals surface area (Å²) in [6.07, 6.45) is 3.21. The lowest BCUT2D eigenvalue weighted by Crippen LogP contribution is -2.23. The van der Waals surface area contributed by atoms with Gasteiger partial charge in [-0.05, 0) is 24.3 Å². The van der Waals surface area contributed by atoms with Crippen LogP contribution in [0, 0.1) is 0 Å². The molecular formula is C11H13NO3. The van der Waals surface area contributed by atoms with Crippen LogP contribution in [-0.2, 0) is 6.54 Å². The monoisotopic (exact) mass is 207 g/mol. The van der Waals surface area contributed by atoms with Crippen LogP contribution in [0.25, 0.3) is 0 Å². The molecule has 0 amide bonds. The van der Waals surface area contributed by atoms with Gasteiger partial charge in [-0.1, -0.05) is 0 Å². The topological polar surface area (TPSA) is 58.5 Å². The molecule has 2 heterocycles. The molecule has 2 N–H and O–H groups in total. The van der Waals surface area contributed by atoms with E-state index in [0.717, 1.165) is 11.5 Å². The average Bonchev–Trinajstić information content (AvgIpc) is 2.90. The number of furan rings is 2. The lowest BCUT2D eigenvalue weighted by Gasteiger charge is -2.12.